The summed E-state index contributed by atoms with van der Waals surface area (Å²) in [5.41, 5.74) is 2.00. The molecule has 0 spiro atoms. The smallest absolute Gasteiger partial charge is 0.233 e. The number of imidazole rings is 1. The Morgan fingerprint density at radius 1 is 1.26 bits per heavy atom. The summed E-state index contributed by atoms with van der Waals surface area (Å²) in [6.07, 6.45) is 7.09. The van der Waals surface area contributed by atoms with Crippen molar-refractivity contribution in [2.75, 3.05) is 20.2 Å². The highest BCUT2D eigenvalue weighted by molar-refractivity contribution is 5.89. The first-order chi connectivity index (χ1) is 13.2. The van der Waals surface area contributed by atoms with Crippen molar-refractivity contribution >= 4 is 5.91 Å². The maximum absolute atomic E-state index is 13.7. The molecule has 1 aromatic heterocycles. The average Bonchev–Trinajstić information content (AvgIpc) is 3.43. The van der Waals surface area contributed by atoms with Gasteiger partial charge in [0.05, 0.1) is 11.5 Å². The Bertz CT molecular complexity index is 793. The molecule has 1 aliphatic carbocycles. The largest absolute Gasteiger partial charge is 0.377 e. The molecule has 2 heterocycles. The van der Waals surface area contributed by atoms with E-state index in [9.17, 15) is 4.79 Å². The van der Waals surface area contributed by atoms with Crippen LogP contribution in [0.3, 0.4) is 0 Å². The minimum absolute atomic E-state index is 0.288. The summed E-state index contributed by atoms with van der Waals surface area (Å²) in [5.74, 6) is 1.27. The second-order valence-corrected chi connectivity index (χ2v) is 7.97. The van der Waals surface area contributed by atoms with E-state index in [4.69, 9.17) is 4.74 Å². The molecule has 1 saturated heterocycles. The second-order valence-electron chi connectivity index (χ2n) is 7.97. The summed E-state index contributed by atoms with van der Waals surface area (Å²) in [6, 6.07) is 10.7. The van der Waals surface area contributed by atoms with E-state index < -0.39 is 0 Å². The number of benzene rings is 1. The van der Waals surface area contributed by atoms with Crippen LogP contribution in [0.1, 0.15) is 55.2 Å². The number of aryl methyl sites for hydroxylation is 1. The van der Waals surface area contributed by atoms with Crippen LogP contribution in [0.25, 0.3) is 0 Å². The van der Waals surface area contributed by atoms with Crippen molar-refractivity contribution in [1.29, 1.82) is 0 Å². The van der Waals surface area contributed by atoms with Gasteiger partial charge in [-0.05, 0) is 31.7 Å². The number of hydrogen-bond donors (Lipinski definition) is 0. The summed E-state index contributed by atoms with van der Waals surface area (Å²) >= 11 is 0. The monoisotopic (exact) mass is 367 g/mol. The molecular formula is C22H29N3O2. The Morgan fingerprint density at radius 3 is 2.70 bits per heavy atom. The molecule has 1 saturated carbocycles. The van der Waals surface area contributed by atoms with Gasteiger partial charge in [-0.1, -0.05) is 43.2 Å². The third kappa shape index (κ3) is 3.18. The van der Waals surface area contributed by atoms with Crippen LogP contribution in [-0.2, 0) is 21.6 Å². The van der Waals surface area contributed by atoms with Gasteiger partial charge in [0, 0.05) is 32.1 Å². The summed E-state index contributed by atoms with van der Waals surface area (Å²) < 4.78 is 7.57. The van der Waals surface area contributed by atoms with E-state index >= 15 is 0 Å². The number of hydrogen-bond acceptors (Lipinski definition) is 3. The van der Waals surface area contributed by atoms with Crippen molar-refractivity contribution in [2.45, 2.75) is 57.1 Å². The van der Waals surface area contributed by atoms with Crippen molar-refractivity contribution in [3.63, 3.8) is 0 Å². The highest BCUT2D eigenvalue weighted by Crippen LogP contribution is 2.43. The number of likely N-dealkylation sites (tertiary alicyclic amines) is 1. The lowest BCUT2D eigenvalue weighted by molar-refractivity contribution is -0.136. The highest BCUT2D eigenvalue weighted by Gasteiger charge is 2.46. The van der Waals surface area contributed by atoms with E-state index in [2.05, 4.69) is 45.6 Å². The van der Waals surface area contributed by atoms with Gasteiger partial charge in [-0.3, -0.25) is 4.79 Å². The van der Waals surface area contributed by atoms with E-state index in [0.717, 1.165) is 56.7 Å². The van der Waals surface area contributed by atoms with Gasteiger partial charge in [-0.2, -0.15) is 0 Å². The number of aromatic nitrogens is 2. The van der Waals surface area contributed by atoms with Gasteiger partial charge in [0.2, 0.25) is 5.91 Å². The number of carbonyl (C=O) groups is 1. The van der Waals surface area contributed by atoms with Crippen molar-refractivity contribution < 1.29 is 9.53 Å². The molecule has 5 heteroatoms. The third-order valence-electron chi connectivity index (χ3n) is 6.34. The Kier molecular flexibility index (Phi) is 5.04. The molecule has 0 bridgehead atoms. The summed E-state index contributed by atoms with van der Waals surface area (Å²) in [6.45, 7) is 4.18. The van der Waals surface area contributed by atoms with Crippen LogP contribution in [0.15, 0.2) is 36.5 Å². The molecule has 1 atom stereocenters. The van der Waals surface area contributed by atoms with E-state index in [1.54, 1.807) is 7.11 Å². The lowest BCUT2D eigenvalue weighted by Gasteiger charge is -2.33. The Labute approximate surface area is 161 Å². The van der Waals surface area contributed by atoms with E-state index in [-0.39, 0.29) is 11.5 Å². The van der Waals surface area contributed by atoms with Gasteiger partial charge in [-0.15, -0.1) is 0 Å². The van der Waals surface area contributed by atoms with E-state index in [1.165, 1.54) is 5.56 Å². The zero-order chi connectivity index (χ0) is 18.9. The number of amides is 1. The van der Waals surface area contributed by atoms with Crippen LogP contribution in [0.5, 0.6) is 0 Å². The van der Waals surface area contributed by atoms with Crippen molar-refractivity contribution in [2.24, 2.45) is 0 Å². The van der Waals surface area contributed by atoms with Gasteiger partial charge < -0.3 is 14.2 Å². The molecule has 27 heavy (non-hydrogen) atoms. The Hall–Kier alpha value is -2.14. The fourth-order valence-corrected chi connectivity index (χ4v) is 5.03. The average molecular weight is 367 g/mol. The van der Waals surface area contributed by atoms with Crippen LogP contribution in [-0.4, -0.2) is 40.6 Å². The van der Waals surface area contributed by atoms with Gasteiger partial charge >= 0.3 is 0 Å². The Balaban J connectivity index is 1.56. The predicted octanol–water partition coefficient (Wildman–Crippen LogP) is 3.62. The molecule has 1 aromatic carbocycles. The molecule has 2 aromatic rings. The molecular weight excluding hydrogens is 338 g/mol. The summed E-state index contributed by atoms with van der Waals surface area (Å²) in [7, 11) is 1.70. The standard InChI is InChI=1S/C22H29N3O2/c1-17-14-23-20(16-27-2)25(17)19-10-13-24(15-19)21(26)22(11-6-7-12-22)18-8-4-3-5-9-18/h3-5,8-9,14,19H,6-7,10-13,15-16H2,1-2H3. The number of rotatable bonds is 5. The molecule has 144 valence electrons. The van der Waals surface area contributed by atoms with Crippen molar-refractivity contribution in [3.8, 4) is 0 Å². The number of methoxy groups -OCH3 is 1. The van der Waals surface area contributed by atoms with Crippen LogP contribution in [0.2, 0.25) is 0 Å². The fourth-order valence-electron chi connectivity index (χ4n) is 5.03. The predicted molar refractivity (Wildman–Crippen MR) is 104 cm³/mol. The maximum Gasteiger partial charge on any atom is 0.233 e. The molecule has 1 aliphatic heterocycles. The van der Waals surface area contributed by atoms with E-state index in [1.807, 2.05) is 12.3 Å². The normalized spacial score (nSPS) is 21.7. The number of ether oxygens (including phenoxy) is 1. The number of nitrogens with zero attached hydrogens (tertiary/aromatic N) is 3. The van der Waals surface area contributed by atoms with Crippen molar-refractivity contribution in [1.82, 2.24) is 14.5 Å². The minimum Gasteiger partial charge on any atom is -0.377 e. The quantitative estimate of drug-likeness (QED) is 0.811. The molecule has 2 fully saturated rings. The molecule has 1 amide bonds. The fraction of sp³-hybridized carbons (Fsp3) is 0.545. The van der Waals surface area contributed by atoms with Crippen LogP contribution >= 0.6 is 0 Å². The molecule has 0 N–H and O–H groups in total. The zero-order valence-corrected chi connectivity index (χ0v) is 16.4. The third-order valence-corrected chi connectivity index (χ3v) is 6.34. The first kappa shape index (κ1) is 18.2. The van der Waals surface area contributed by atoms with Gasteiger partial charge in [0.1, 0.15) is 12.4 Å². The highest BCUT2D eigenvalue weighted by atomic mass is 16.5. The number of carbonyl (C=O) groups excluding carboxylic acids is 1. The molecule has 1 unspecified atom stereocenters. The Morgan fingerprint density at radius 2 is 2.00 bits per heavy atom. The molecule has 2 aliphatic rings. The van der Waals surface area contributed by atoms with E-state index in [0.29, 0.717) is 12.5 Å². The lowest BCUT2D eigenvalue weighted by Crippen LogP contribution is -2.44. The summed E-state index contributed by atoms with van der Waals surface area (Å²) in [5, 5.41) is 0. The van der Waals surface area contributed by atoms with Gasteiger partial charge in [-0.25, -0.2) is 4.98 Å². The van der Waals surface area contributed by atoms with Crippen LogP contribution in [0, 0.1) is 6.92 Å². The first-order valence-electron chi connectivity index (χ1n) is 10.0. The van der Waals surface area contributed by atoms with Gasteiger partial charge in [0.25, 0.3) is 0 Å². The lowest BCUT2D eigenvalue weighted by atomic mass is 9.77. The molecule has 0 radical (unpaired) electrons. The SMILES string of the molecule is COCc1ncc(C)n1C1CCN(C(=O)C2(c3ccccc3)CCCC2)C1. The summed E-state index contributed by atoms with van der Waals surface area (Å²) in [4.78, 5) is 20.2. The first-order valence-corrected chi connectivity index (χ1v) is 10.0. The zero-order valence-electron chi connectivity index (χ0n) is 16.4. The molecule has 4 rings (SSSR count). The minimum atomic E-state index is -0.324. The second kappa shape index (κ2) is 7.47. The van der Waals surface area contributed by atoms with Crippen LogP contribution in [0.4, 0.5) is 0 Å². The van der Waals surface area contributed by atoms with Crippen LogP contribution < -0.4 is 0 Å². The maximum atomic E-state index is 13.7. The topological polar surface area (TPSA) is 47.4 Å². The van der Waals surface area contributed by atoms with Crippen molar-refractivity contribution in [3.05, 3.63) is 53.6 Å². The van der Waals surface area contributed by atoms with Gasteiger partial charge in [0.15, 0.2) is 0 Å². The molecule has 5 nitrogen and oxygen atoms in total.